The molecule has 1 unspecified atom stereocenters. The molecule has 2 aliphatic rings. The smallest absolute Gasteiger partial charge is 0.128 e. The van der Waals surface area contributed by atoms with Gasteiger partial charge in [0, 0.05) is 19.8 Å². The van der Waals surface area contributed by atoms with Gasteiger partial charge in [-0.15, -0.1) is 0 Å². The van der Waals surface area contributed by atoms with Crippen LogP contribution in [0.15, 0.2) is 0 Å². The number of halogens is 1. The van der Waals surface area contributed by atoms with E-state index in [-0.39, 0.29) is 18.4 Å². The molecule has 1 saturated carbocycles. The molecular weight excluding hydrogens is 169 g/mol. The van der Waals surface area contributed by atoms with Crippen molar-refractivity contribution in [2.75, 3.05) is 19.8 Å². The summed E-state index contributed by atoms with van der Waals surface area (Å²) in [6.07, 6.45) is 3.77. The van der Waals surface area contributed by atoms with Gasteiger partial charge in [-0.25, -0.2) is 4.39 Å². The lowest BCUT2D eigenvalue weighted by Gasteiger charge is -2.35. The highest BCUT2D eigenvalue weighted by Crippen LogP contribution is 2.48. The van der Waals surface area contributed by atoms with E-state index >= 15 is 0 Å². The fourth-order valence-electron chi connectivity index (χ4n) is 2.41. The van der Waals surface area contributed by atoms with Crippen LogP contribution in [0.3, 0.4) is 0 Å². The molecule has 0 aromatic rings. The molecule has 2 nitrogen and oxygen atoms in total. The van der Waals surface area contributed by atoms with Crippen LogP contribution in [-0.4, -0.2) is 25.4 Å². The molecule has 0 amide bonds. The summed E-state index contributed by atoms with van der Waals surface area (Å²) in [6, 6.07) is 0. The van der Waals surface area contributed by atoms with Gasteiger partial charge in [0.2, 0.25) is 0 Å². The van der Waals surface area contributed by atoms with Crippen molar-refractivity contribution in [3.63, 3.8) is 0 Å². The Morgan fingerprint density at radius 3 is 2.15 bits per heavy atom. The van der Waals surface area contributed by atoms with Gasteiger partial charge in [0.25, 0.3) is 0 Å². The number of rotatable bonds is 3. The zero-order valence-electron chi connectivity index (χ0n) is 7.97. The molecule has 3 heteroatoms. The Bertz CT molecular complexity index is 178. The van der Waals surface area contributed by atoms with Gasteiger partial charge in [-0.3, -0.25) is 0 Å². The minimum Gasteiger partial charge on any atom is -0.381 e. The average molecular weight is 187 g/mol. The molecule has 0 aromatic heterocycles. The number of alkyl halides is 1. The van der Waals surface area contributed by atoms with E-state index in [0.717, 1.165) is 25.7 Å². The van der Waals surface area contributed by atoms with Crippen LogP contribution in [-0.2, 0) is 4.74 Å². The van der Waals surface area contributed by atoms with Crippen LogP contribution in [0.5, 0.6) is 0 Å². The highest BCUT2D eigenvalue weighted by Gasteiger charge is 2.50. The van der Waals surface area contributed by atoms with Crippen molar-refractivity contribution in [3.05, 3.63) is 0 Å². The Hall–Kier alpha value is -0.150. The minimum atomic E-state index is -1.08. The van der Waals surface area contributed by atoms with E-state index in [2.05, 4.69) is 0 Å². The first-order valence-corrected chi connectivity index (χ1v) is 5.24. The predicted molar refractivity (Wildman–Crippen MR) is 49.2 cm³/mol. The van der Waals surface area contributed by atoms with Crippen LogP contribution in [0.4, 0.5) is 4.39 Å². The fraction of sp³-hybridized carbons (Fsp3) is 1.00. The minimum absolute atomic E-state index is 0.152. The first-order chi connectivity index (χ1) is 6.27. The van der Waals surface area contributed by atoms with Crippen molar-refractivity contribution in [3.8, 4) is 0 Å². The topological polar surface area (TPSA) is 35.2 Å². The Labute approximate surface area is 78.6 Å². The molecule has 0 bridgehead atoms. The number of ether oxygens (including phenoxy) is 1. The molecule has 1 heterocycles. The van der Waals surface area contributed by atoms with Crippen molar-refractivity contribution < 1.29 is 9.13 Å². The molecule has 2 N–H and O–H groups in total. The van der Waals surface area contributed by atoms with E-state index in [4.69, 9.17) is 10.5 Å². The molecule has 2 fully saturated rings. The van der Waals surface area contributed by atoms with E-state index in [1.54, 1.807) is 0 Å². The first-order valence-electron chi connectivity index (χ1n) is 5.24. The summed E-state index contributed by atoms with van der Waals surface area (Å²) in [7, 11) is 0. The Balaban J connectivity index is 2.00. The van der Waals surface area contributed by atoms with Crippen molar-refractivity contribution >= 4 is 0 Å². The highest BCUT2D eigenvalue weighted by atomic mass is 19.1. The van der Waals surface area contributed by atoms with Gasteiger partial charge >= 0.3 is 0 Å². The predicted octanol–water partition coefficient (Wildman–Crippen LogP) is 1.49. The normalized spacial score (nSPS) is 30.0. The summed E-state index contributed by atoms with van der Waals surface area (Å²) in [6.45, 7) is 1.62. The van der Waals surface area contributed by atoms with E-state index in [1.807, 2.05) is 0 Å². The van der Waals surface area contributed by atoms with E-state index in [1.165, 1.54) is 0 Å². The molecule has 1 saturated heterocycles. The lowest BCUT2D eigenvalue weighted by atomic mass is 9.80. The maximum absolute atomic E-state index is 14.4. The number of hydrogen-bond donors (Lipinski definition) is 1. The van der Waals surface area contributed by atoms with Gasteiger partial charge in [0.15, 0.2) is 0 Å². The molecular formula is C10H18FNO. The maximum Gasteiger partial charge on any atom is 0.128 e. The second-order valence-corrected chi connectivity index (χ2v) is 4.29. The summed E-state index contributed by atoms with van der Waals surface area (Å²) in [5, 5.41) is 0. The summed E-state index contributed by atoms with van der Waals surface area (Å²) < 4.78 is 19.6. The Morgan fingerprint density at radius 2 is 1.69 bits per heavy atom. The summed E-state index contributed by atoms with van der Waals surface area (Å²) >= 11 is 0. The number of hydrogen-bond acceptors (Lipinski definition) is 2. The Kier molecular flexibility index (Phi) is 2.56. The first kappa shape index (κ1) is 9.41. The van der Waals surface area contributed by atoms with Crippen LogP contribution >= 0.6 is 0 Å². The van der Waals surface area contributed by atoms with Crippen LogP contribution < -0.4 is 5.73 Å². The molecule has 0 radical (unpaired) electrons. The summed E-state index contributed by atoms with van der Waals surface area (Å²) in [5.74, 6) is 0.402. The molecule has 1 aliphatic carbocycles. The summed E-state index contributed by atoms with van der Waals surface area (Å²) in [4.78, 5) is 0. The lowest BCUT2D eigenvalue weighted by Crippen LogP contribution is -2.45. The van der Waals surface area contributed by atoms with Crippen molar-refractivity contribution in [1.29, 1.82) is 0 Å². The standard InChI is InChI=1S/C10H18FNO/c11-10(7-12,8-1-2-8)9-3-5-13-6-4-9/h8-9H,1-7,12H2. The molecule has 2 rings (SSSR count). The zero-order valence-corrected chi connectivity index (χ0v) is 7.97. The Morgan fingerprint density at radius 1 is 1.15 bits per heavy atom. The fourth-order valence-corrected chi connectivity index (χ4v) is 2.41. The van der Waals surface area contributed by atoms with Crippen LogP contribution in [0.2, 0.25) is 0 Å². The highest BCUT2D eigenvalue weighted by molar-refractivity contribution is 5.00. The van der Waals surface area contributed by atoms with Gasteiger partial charge < -0.3 is 10.5 Å². The van der Waals surface area contributed by atoms with Crippen molar-refractivity contribution in [2.24, 2.45) is 17.6 Å². The van der Waals surface area contributed by atoms with E-state index in [0.29, 0.717) is 13.2 Å². The quantitative estimate of drug-likeness (QED) is 0.726. The van der Waals surface area contributed by atoms with Crippen molar-refractivity contribution in [2.45, 2.75) is 31.4 Å². The molecule has 76 valence electrons. The molecule has 13 heavy (non-hydrogen) atoms. The van der Waals surface area contributed by atoms with E-state index < -0.39 is 5.67 Å². The van der Waals surface area contributed by atoms with Gasteiger partial charge in [-0.05, 0) is 37.5 Å². The molecule has 0 aromatic carbocycles. The van der Waals surface area contributed by atoms with Gasteiger partial charge in [0.05, 0.1) is 0 Å². The lowest BCUT2D eigenvalue weighted by molar-refractivity contribution is -0.0187. The third-order valence-corrected chi connectivity index (χ3v) is 3.47. The van der Waals surface area contributed by atoms with Crippen LogP contribution in [0.1, 0.15) is 25.7 Å². The third kappa shape index (κ3) is 1.72. The largest absolute Gasteiger partial charge is 0.381 e. The second-order valence-electron chi connectivity index (χ2n) is 4.29. The van der Waals surface area contributed by atoms with Gasteiger partial charge in [-0.1, -0.05) is 0 Å². The monoisotopic (exact) mass is 187 g/mol. The molecule has 1 aliphatic heterocycles. The van der Waals surface area contributed by atoms with Crippen LogP contribution in [0.25, 0.3) is 0 Å². The van der Waals surface area contributed by atoms with Crippen molar-refractivity contribution in [1.82, 2.24) is 0 Å². The summed E-state index contributed by atoms with van der Waals surface area (Å²) in [5.41, 5.74) is 4.48. The zero-order chi connectivity index (χ0) is 9.31. The second kappa shape index (κ2) is 3.54. The third-order valence-electron chi connectivity index (χ3n) is 3.47. The maximum atomic E-state index is 14.4. The molecule has 1 atom stereocenters. The van der Waals surface area contributed by atoms with E-state index in [9.17, 15) is 4.39 Å². The number of nitrogens with two attached hydrogens (primary N) is 1. The van der Waals surface area contributed by atoms with Gasteiger partial charge in [-0.2, -0.15) is 0 Å². The van der Waals surface area contributed by atoms with Gasteiger partial charge in [0.1, 0.15) is 5.67 Å². The molecule has 0 spiro atoms. The average Bonchev–Trinajstić information content (AvgIpc) is 3.02. The SMILES string of the molecule is NCC(F)(C1CCOCC1)C1CC1. The van der Waals surface area contributed by atoms with Crippen LogP contribution in [0, 0.1) is 11.8 Å².